The number of aromatic nitrogens is 1. The molecule has 0 aliphatic heterocycles. The average Bonchev–Trinajstić information content (AvgIpc) is 2.54. The minimum absolute atomic E-state index is 0. The molecule has 0 unspecified atom stereocenters. The van der Waals surface area contributed by atoms with Crippen molar-refractivity contribution in [2.24, 2.45) is 5.73 Å². The van der Waals surface area contributed by atoms with Crippen molar-refractivity contribution in [3.63, 3.8) is 0 Å². The van der Waals surface area contributed by atoms with Crippen LogP contribution in [0.2, 0.25) is 0 Å². The number of hydrogen-bond acceptors (Lipinski definition) is 5. The van der Waals surface area contributed by atoms with Gasteiger partial charge in [-0.25, -0.2) is 0 Å². The molecule has 2 rings (SSSR count). The van der Waals surface area contributed by atoms with Crippen LogP contribution in [0.5, 0.6) is 0 Å². The van der Waals surface area contributed by atoms with E-state index in [-0.39, 0.29) is 31.4 Å². The number of hydrogen-bond donors (Lipinski definition) is 2. The predicted molar refractivity (Wildman–Crippen MR) is 93.8 cm³/mol. The topological polar surface area (TPSA) is 85.4 Å². The largest absolute Gasteiger partial charge is 0.468 e. The maximum atomic E-state index is 11.3. The minimum atomic E-state index is -0.650. The molecule has 126 valence electrons. The molecule has 1 heterocycles. The Morgan fingerprint density at radius 3 is 2.43 bits per heavy atom. The lowest BCUT2D eigenvalue weighted by molar-refractivity contribution is -0.142. The predicted octanol–water partition coefficient (Wildman–Crippen LogP) is 2.13. The van der Waals surface area contributed by atoms with Crippen molar-refractivity contribution in [1.82, 2.24) is 4.98 Å². The molecule has 0 fully saturated rings. The van der Waals surface area contributed by atoms with Crippen molar-refractivity contribution in [1.29, 1.82) is 0 Å². The summed E-state index contributed by atoms with van der Waals surface area (Å²) in [5.41, 5.74) is 9.33. The smallest absolute Gasteiger partial charge is 0.322 e. The van der Waals surface area contributed by atoms with Crippen molar-refractivity contribution in [2.45, 2.75) is 19.1 Å². The number of carbonyl (C=O) groups is 1. The van der Waals surface area contributed by atoms with Gasteiger partial charge in [0.15, 0.2) is 0 Å². The fourth-order valence-corrected chi connectivity index (χ4v) is 2.07. The van der Waals surface area contributed by atoms with E-state index in [2.05, 4.69) is 9.72 Å². The first-order chi connectivity index (χ1) is 10.1. The molecule has 5 nitrogen and oxygen atoms in total. The highest BCUT2D eigenvalue weighted by Gasteiger charge is 2.14. The van der Waals surface area contributed by atoms with Gasteiger partial charge in [0, 0.05) is 6.20 Å². The first-order valence-corrected chi connectivity index (χ1v) is 6.62. The number of pyridine rings is 1. The number of rotatable bonds is 5. The molecule has 3 N–H and O–H groups in total. The van der Waals surface area contributed by atoms with Crippen LogP contribution in [0.3, 0.4) is 0 Å². The number of aliphatic hydroxyl groups excluding tert-OH is 1. The molecule has 0 amide bonds. The molecule has 7 heteroatoms. The number of nitrogens with two attached hydrogens (primary N) is 1. The van der Waals surface area contributed by atoms with E-state index in [0.717, 1.165) is 16.7 Å². The molecular formula is C16H20Cl2N2O3. The Balaban J connectivity index is 0.00000242. The van der Waals surface area contributed by atoms with Gasteiger partial charge < -0.3 is 15.6 Å². The summed E-state index contributed by atoms with van der Waals surface area (Å²) in [5, 5.41) is 9.11. The maximum absolute atomic E-state index is 11.3. The number of aliphatic hydroxyl groups is 1. The van der Waals surface area contributed by atoms with Crippen LogP contribution in [-0.4, -0.2) is 29.2 Å². The SMILES string of the molecule is COC(=O)[C@@H](N)Cc1ccc(-c2ccnc(CO)c2)cc1.Cl.Cl. The van der Waals surface area contributed by atoms with E-state index in [1.807, 2.05) is 36.4 Å². The van der Waals surface area contributed by atoms with E-state index in [0.29, 0.717) is 12.1 Å². The quantitative estimate of drug-likeness (QED) is 0.799. The molecule has 0 aliphatic rings. The highest BCUT2D eigenvalue weighted by molar-refractivity contribution is 5.85. The van der Waals surface area contributed by atoms with Gasteiger partial charge in [-0.05, 0) is 35.2 Å². The van der Waals surface area contributed by atoms with Gasteiger partial charge in [-0.3, -0.25) is 9.78 Å². The third-order valence-corrected chi connectivity index (χ3v) is 3.23. The monoisotopic (exact) mass is 358 g/mol. The summed E-state index contributed by atoms with van der Waals surface area (Å²) in [7, 11) is 1.33. The van der Waals surface area contributed by atoms with Gasteiger partial charge >= 0.3 is 5.97 Å². The second-order valence-electron chi connectivity index (χ2n) is 4.72. The summed E-state index contributed by atoms with van der Waals surface area (Å²) in [6.07, 6.45) is 2.10. The summed E-state index contributed by atoms with van der Waals surface area (Å²) in [6, 6.07) is 10.8. The van der Waals surface area contributed by atoms with Crippen LogP contribution in [0.1, 0.15) is 11.3 Å². The fourth-order valence-electron chi connectivity index (χ4n) is 2.07. The average molecular weight is 359 g/mol. The highest BCUT2D eigenvalue weighted by Crippen LogP contribution is 2.20. The molecule has 1 aromatic carbocycles. The molecule has 0 saturated heterocycles. The molecule has 2 aromatic rings. The van der Waals surface area contributed by atoms with Crippen molar-refractivity contribution in [3.8, 4) is 11.1 Å². The maximum Gasteiger partial charge on any atom is 0.322 e. The van der Waals surface area contributed by atoms with Crippen LogP contribution >= 0.6 is 24.8 Å². The zero-order chi connectivity index (χ0) is 15.2. The Labute approximate surface area is 147 Å². The molecule has 1 aromatic heterocycles. The summed E-state index contributed by atoms with van der Waals surface area (Å²) >= 11 is 0. The Kier molecular flexibility index (Phi) is 9.44. The van der Waals surface area contributed by atoms with E-state index in [1.54, 1.807) is 6.20 Å². The first kappa shape index (κ1) is 21.3. The Bertz CT molecular complexity index is 621. The second-order valence-corrected chi connectivity index (χ2v) is 4.72. The summed E-state index contributed by atoms with van der Waals surface area (Å²) in [6.45, 7) is -0.0834. The van der Waals surface area contributed by atoms with E-state index in [4.69, 9.17) is 10.8 Å². The third-order valence-electron chi connectivity index (χ3n) is 3.23. The van der Waals surface area contributed by atoms with Gasteiger partial charge in [-0.15, -0.1) is 24.8 Å². The number of benzene rings is 1. The van der Waals surface area contributed by atoms with Gasteiger partial charge in [0.1, 0.15) is 6.04 Å². The molecule has 0 aliphatic carbocycles. The number of carbonyl (C=O) groups excluding carboxylic acids is 1. The summed E-state index contributed by atoms with van der Waals surface area (Å²) in [4.78, 5) is 15.3. The zero-order valence-corrected chi connectivity index (χ0v) is 14.3. The van der Waals surface area contributed by atoms with E-state index in [9.17, 15) is 4.79 Å². The Hall–Kier alpha value is -1.66. The Morgan fingerprint density at radius 1 is 1.22 bits per heavy atom. The van der Waals surface area contributed by atoms with Crippen LogP contribution in [0, 0.1) is 0 Å². The van der Waals surface area contributed by atoms with E-state index < -0.39 is 12.0 Å². The molecule has 0 spiro atoms. The van der Waals surface area contributed by atoms with Gasteiger partial charge in [0.25, 0.3) is 0 Å². The zero-order valence-electron chi connectivity index (χ0n) is 12.6. The van der Waals surface area contributed by atoms with Gasteiger partial charge in [0.05, 0.1) is 19.4 Å². The highest BCUT2D eigenvalue weighted by atomic mass is 35.5. The molecular weight excluding hydrogens is 339 g/mol. The number of ether oxygens (including phenoxy) is 1. The lowest BCUT2D eigenvalue weighted by Gasteiger charge is -2.10. The summed E-state index contributed by atoms with van der Waals surface area (Å²) < 4.78 is 4.61. The van der Waals surface area contributed by atoms with Crippen LogP contribution in [-0.2, 0) is 22.6 Å². The number of nitrogens with zero attached hydrogens (tertiary/aromatic N) is 1. The lowest BCUT2D eigenvalue weighted by atomic mass is 10.0. The van der Waals surface area contributed by atoms with Gasteiger partial charge in [-0.2, -0.15) is 0 Å². The van der Waals surface area contributed by atoms with E-state index in [1.165, 1.54) is 7.11 Å². The molecule has 23 heavy (non-hydrogen) atoms. The van der Waals surface area contributed by atoms with Crippen LogP contribution in [0.15, 0.2) is 42.6 Å². The standard InChI is InChI=1S/C16H18N2O3.2ClH/c1-21-16(20)15(17)8-11-2-4-12(5-3-11)13-6-7-18-14(9-13)10-19;;/h2-7,9,15,19H,8,10,17H2,1H3;2*1H/t15-;;/m0../s1. The number of methoxy groups -OCH3 is 1. The minimum Gasteiger partial charge on any atom is -0.468 e. The van der Waals surface area contributed by atoms with Crippen molar-refractivity contribution in [2.75, 3.05) is 7.11 Å². The Morgan fingerprint density at radius 2 is 1.87 bits per heavy atom. The molecule has 0 bridgehead atoms. The molecule has 0 radical (unpaired) electrons. The first-order valence-electron chi connectivity index (χ1n) is 6.62. The van der Waals surface area contributed by atoms with Crippen LogP contribution < -0.4 is 5.73 Å². The number of halogens is 2. The van der Waals surface area contributed by atoms with E-state index >= 15 is 0 Å². The lowest BCUT2D eigenvalue weighted by Crippen LogP contribution is -2.33. The van der Waals surface area contributed by atoms with Crippen LogP contribution in [0.4, 0.5) is 0 Å². The number of esters is 1. The van der Waals surface area contributed by atoms with Crippen LogP contribution in [0.25, 0.3) is 11.1 Å². The normalized spacial score (nSPS) is 10.9. The summed E-state index contributed by atoms with van der Waals surface area (Å²) in [5.74, 6) is -0.416. The molecule has 1 atom stereocenters. The molecule has 0 saturated carbocycles. The third kappa shape index (κ3) is 5.80. The van der Waals surface area contributed by atoms with Crippen molar-refractivity contribution < 1.29 is 14.6 Å². The van der Waals surface area contributed by atoms with Gasteiger partial charge in [0.2, 0.25) is 0 Å². The fraction of sp³-hybridized carbons (Fsp3) is 0.250. The van der Waals surface area contributed by atoms with Gasteiger partial charge in [-0.1, -0.05) is 24.3 Å². The van der Waals surface area contributed by atoms with Crippen molar-refractivity contribution >= 4 is 30.8 Å². The van der Waals surface area contributed by atoms with Crippen molar-refractivity contribution in [3.05, 3.63) is 53.9 Å². The second kappa shape index (κ2) is 10.2.